The van der Waals surface area contributed by atoms with E-state index in [9.17, 15) is 9.90 Å². The van der Waals surface area contributed by atoms with Gasteiger partial charge in [-0.05, 0) is 73.1 Å². The largest absolute Gasteiger partial charge is 0.545 e. The summed E-state index contributed by atoms with van der Waals surface area (Å²) in [6.07, 6.45) is 12.6. The summed E-state index contributed by atoms with van der Waals surface area (Å²) >= 11 is 0. The molecule has 3 nitrogen and oxygen atoms in total. The molecule has 0 saturated heterocycles. The molecule has 3 rings (SSSR count). The molecule has 0 spiro atoms. The molecule has 1 aliphatic heterocycles. The number of carbonyl (C=O) groups excluding carboxylic acids is 1. The predicted octanol–water partition coefficient (Wildman–Crippen LogP) is 2.98. The number of hydrogen-bond donors (Lipinski definition) is 0. The number of aryl methyl sites for hydroxylation is 2. The normalized spacial score (nSPS) is 19.3. The Bertz CT molecular complexity index is 708. The van der Waals surface area contributed by atoms with Crippen molar-refractivity contribution in [2.75, 3.05) is 6.61 Å². The van der Waals surface area contributed by atoms with Crippen molar-refractivity contribution < 1.29 is 14.6 Å². The summed E-state index contributed by atoms with van der Waals surface area (Å²) in [7, 11) is 0. The van der Waals surface area contributed by atoms with Crippen molar-refractivity contribution in [3.63, 3.8) is 0 Å². The van der Waals surface area contributed by atoms with Crippen molar-refractivity contribution in [2.24, 2.45) is 0 Å². The van der Waals surface area contributed by atoms with Gasteiger partial charge in [0.25, 0.3) is 0 Å². The van der Waals surface area contributed by atoms with Crippen LogP contribution in [0.2, 0.25) is 0 Å². The number of benzene rings is 1. The third kappa shape index (κ3) is 3.73. The Balaban J connectivity index is 1.87. The van der Waals surface area contributed by atoms with Crippen LogP contribution in [-0.4, -0.2) is 12.6 Å². The Morgan fingerprint density at radius 3 is 2.65 bits per heavy atom. The fourth-order valence-corrected chi connectivity index (χ4v) is 3.26. The summed E-state index contributed by atoms with van der Waals surface area (Å²) in [6, 6.07) is 4.49. The highest BCUT2D eigenvalue weighted by molar-refractivity contribution is 5.79. The zero-order valence-electron chi connectivity index (χ0n) is 13.4. The molecule has 1 aliphatic carbocycles. The topological polar surface area (TPSA) is 49.4 Å². The lowest BCUT2D eigenvalue weighted by Gasteiger charge is -2.24. The average Bonchev–Trinajstić information content (AvgIpc) is 2.52. The van der Waals surface area contributed by atoms with Crippen molar-refractivity contribution in [2.45, 2.75) is 39.0 Å². The fourth-order valence-electron chi connectivity index (χ4n) is 3.26. The first kappa shape index (κ1) is 15.6. The maximum atomic E-state index is 10.5. The molecule has 23 heavy (non-hydrogen) atoms. The number of carboxylic acid groups (broad SMARTS) is 1. The minimum Gasteiger partial charge on any atom is -0.545 e. The lowest BCUT2D eigenvalue weighted by atomic mass is 9.87. The second-order valence-corrected chi connectivity index (χ2v) is 6.18. The maximum absolute atomic E-state index is 10.5. The van der Waals surface area contributed by atoms with Gasteiger partial charge in [-0.2, -0.15) is 0 Å². The molecule has 120 valence electrons. The van der Waals surface area contributed by atoms with Crippen LogP contribution in [0.5, 0.6) is 5.75 Å². The van der Waals surface area contributed by atoms with Crippen LogP contribution < -0.4 is 9.84 Å². The van der Waals surface area contributed by atoms with Gasteiger partial charge in [-0.1, -0.05) is 18.2 Å². The van der Waals surface area contributed by atoms with Gasteiger partial charge in [0.15, 0.2) is 0 Å². The van der Waals surface area contributed by atoms with E-state index in [0.717, 1.165) is 31.1 Å². The fraction of sp³-hybridized carbons (Fsp3) is 0.350. The lowest BCUT2D eigenvalue weighted by Crippen LogP contribution is -2.19. The first-order valence-corrected chi connectivity index (χ1v) is 8.19. The van der Waals surface area contributed by atoms with Crippen molar-refractivity contribution >= 4 is 11.5 Å². The zero-order valence-corrected chi connectivity index (χ0v) is 13.4. The Labute approximate surface area is 137 Å². The van der Waals surface area contributed by atoms with Crippen LogP contribution >= 0.6 is 0 Å². The molecule has 1 aromatic carbocycles. The predicted molar refractivity (Wildman–Crippen MR) is 89.1 cm³/mol. The van der Waals surface area contributed by atoms with Crippen molar-refractivity contribution in [3.8, 4) is 5.75 Å². The molecule has 0 radical (unpaired) electrons. The Kier molecular flexibility index (Phi) is 4.65. The average molecular weight is 309 g/mol. The first-order valence-electron chi connectivity index (χ1n) is 8.19. The molecule has 0 fully saturated rings. The summed E-state index contributed by atoms with van der Waals surface area (Å²) in [5.74, 6) is -0.179. The number of rotatable bonds is 3. The van der Waals surface area contributed by atoms with E-state index in [-0.39, 0.29) is 0 Å². The van der Waals surface area contributed by atoms with Gasteiger partial charge in [0.1, 0.15) is 5.75 Å². The first-order chi connectivity index (χ1) is 11.1. The SMILES string of the molecule is CC(=C/C(=O)[O-])/C=C/C=C1/CCOc2cc3c(cc21)CCCC3. The molecule has 0 aromatic heterocycles. The van der Waals surface area contributed by atoms with Gasteiger partial charge in [0.2, 0.25) is 0 Å². The van der Waals surface area contributed by atoms with Crippen LogP contribution in [0, 0.1) is 0 Å². The van der Waals surface area contributed by atoms with Gasteiger partial charge < -0.3 is 14.6 Å². The summed E-state index contributed by atoms with van der Waals surface area (Å²) in [5.41, 5.74) is 5.97. The number of allylic oxidation sites excluding steroid dienone is 4. The van der Waals surface area contributed by atoms with E-state index in [1.807, 2.05) is 6.08 Å². The molecule has 1 heterocycles. The minimum absolute atomic E-state index is 0.666. The van der Waals surface area contributed by atoms with E-state index < -0.39 is 5.97 Å². The van der Waals surface area contributed by atoms with E-state index in [2.05, 4.69) is 18.2 Å². The highest BCUT2D eigenvalue weighted by Gasteiger charge is 2.19. The quantitative estimate of drug-likeness (QED) is 0.637. The van der Waals surface area contributed by atoms with Gasteiger partial charge >= 0.3 is 0 Å². The third-order valence-electron chi connectivity index (χ3n) is 4.42. The Morgan fingerprint density at radius 1 is 1.17 bits per heavy atom. The van der Waals surface area contributed by atoms with Crippen LogP contribution in [0.3, 0.4) is 0 Å². The Morgan fingerprint density at radius 2 is 1.91 bits per heavy atom. The van der Waals surface area contributed by atoms with Crippen LogP contribution in [-0.2, 0) is 17.6 Å². The summed E-state index contributed by atoms with van der Waals surface area (Å²) < 4.78 is 5.84. The third-order valence-corrected chi connectivity index (χ3v) is 4.42. The van der Waals surface area contributed by atoms with E-state index in [0.29, 0.717) is 12.2 Å². The molecular weight excluding hydrogens is 288 g/mol. The second kappa shape index (κ2) is 6.86. The van der Waals surface area contributed by atoms with E-state index in [4.69, 9.17) is 4.74 Å². The second-order valence-electron chi connectivity index (χ2n) is 6.18. The smallest absolute Gasteiger partial charge is 0.127 e. The number of carbonyl (C=O) groups is 1. The monoisotopic (exact) mass is 309 g/mol. The van der Waals surface area contributed by atoms with Crippen LogP contribution in [0.15, 0.2) is 42.0 Å². The number of fused-ring (bicyclic) bond motifs is 2. The maximum Gasteiger partial charge on any atom is 0.127 e. The minimum atomic E-state index is -1.16. The van der Waals surface area contributed by atoms with Crippen molar-refractivity contribution in [1.82, 2.24) is 0 Å². The lowest BCUT2D eigenvalue weighted by molar-refractivity contribution is -0.297. The van der Waals surface area contributed by atoms with Gasteiger partial charge in [-0.25, -0.2) is 0 Å². The van der Waals surface area contributed by atoms with Gasteiger partial charge in [0, 0.05) is 12.0 Å². The van der Waals surface area contributed by atoms with E-state index >= 15 is 0 Å². The van der Waals surface area contributed by atoms with Crippen molar-refractivity contribution in [1.29, 1.82) is 0 Å². The number of ether oxygens (including phenoxy) is 1. The standard InChI is InChI=1S/C20H22O3/c1-14(11-20(21)22)5-4-8-15-9-10-23-19-13-17-7-3-2-6-16(17)12-18(15)19/h4-5,8,11-13H,2-3,6-7,9-10H2,1H3,(H,21,22)/p-1/b5-4+,14-11-,15-8-. The Hall–Kier alpha value is -2.29. The highest BCUT2D eigenvalue weighted by Crippen LogP contribution is 2.37. The van der Waals surface area contributed by atoms with Gasteiger partial charge in [0.05, 0.1) is 12.6 Å². The molecule has 0 atom stereocenters. The zero-order chi connectivity index (χ0) is 16.2. The highest BCUT2D eigenvalue weighted by atomic mass is 16.5. The molecule has 1 aromatic rings. The van der Waals surface area contributed by atoms with Crippen molar-refractivity contribution in [3.05, 3.63) is 58.7 Å². The van der Waals surface area contributed by atoms with Gasteiger partial charge in [-0.15, -0.1) is 0 Å². The number of aliphatic carboxylic acids is 1. The van der Waals surface area contributed by atoms with Crippen LogP contribution in [0.4, 0.5) is 0 Å². The van der Waals surface area contributed by atoms with Crippen LogP contribution in [0.25, 0.3) is 5.57 Å². The summed E-state index contributed by atoms with van der Waals surface area (Å²) in [6.45, 7) is 2.44. The van der Waals surface area contributed by atoms with E-state index in [1.54, 1.807) is 13.0 Å². The number of carboxylic acids is 1. The molecule has 0 saturated carbocycles. The molecule has 3 heteroatoms. The number of hydrogen-bond acceptors (Lipinski definition) is 3. The summed E-state index contributed by atoms with van der Waals surface area (Å²) in [4.78, 5) is 10.5. The molecule has 0 bridgehead atoms. The van der Waals surface area contributed by atoms with E-state index in [1.165, 1.54) is 35.1 Å². The van der Waals surface area contributed by atoms with Gasteiger partial charge in [-0.3, -0.25) is 0 Å². The summed E-state index contributed by atoms with van der Waals surface area (Å²) in [5, 5.41) is 10.5. The van der Waals surface area contributed by atoms with Crippen LogP contribution in [0.1, 0.15) is 42.9 Å². The molecular formula is C20H21O3-. The molecule has 0 N–H and O–H groups in total. The molecule has 2 aliphatic rings. The molecule has 0 amide bonds. The molecule has 0 unspecified atom stereocenters.